The van der Waals surface area contributed by atoms with E-state index in [4.69, 9.17) is 5.73 Å². The van der Waals surface area contributed by atoms with Gasteiger partial charge in [0.25, 0.3) is 0 Å². The molecule has 0 bridgehead atoms. The SMILES string of the molecule is NC(c1ccc(-c2cccc(Nc3nccc(C(F)(F)F)n3)c2)cc1)C(F)(F)F. The van der Waals surface area contributed by atoms with Gasteiger partial charge in [-0.25, -0.2) is 9.97 Å². The van der Waals surface area contributed by atoms with Crippen LogP contribution in [0, 0.1) is 0 Å². The molecule has 0 saturated heterocycles. The highest BCUT2D eigenvalue weighted by Gasteiger charge is 2.37. The van der Waals surface area contributed by atoms with Crippen LogP contribution in [-0.4, -0.2) is 16.1 Å². The molecule has 0 aliphatic rings. The molecule has 3 aromatic rings. The minimum Gasteiger partial charge on any atom is -0.324 e. The quantitative estimate of drug-likeness (QED) is 0.558. The Morgan fingerprint density at radius 2 is 1.55 bits per heavy atom. The van der Waals surface area contributed by atoms with Crippen LogP contribution in [0.4, 0.5) is 38.0 Å². The molecule has 3 N–H and O–H groups in total. The highest BCUT2D eigenvalue weighted by Crippen LogP contribution is 2.32. The summed E-state index contributed by atoms with van der Waals surface area (Å²) in [5.74, 6) is -0.233. The van der Waals surface area contributed by atoms with Crippen molar-refractivity contribution in [3.8, 4) is 11.1 Å². The molecule has 4 nitrogen and oxygen atoms in total. The summed E-state index contributed by atoms with van der Waals surface area (Å²) in [6, 6.07) is 10.8. The van der Waals surface area contributed by atoms with Crippen LogP contribution >= 0.6 is 0 Å². The van der Waals surface area contributed by atoms with Gasteiger partial charge in [0, 0.05) is 11.9 Å². The number of rotatable bonds is 4. The van der Waals surface area contributed by atoms with Crippen molar-refractivity contribution in [3.05, 3.63) is 72.1 Å². The molecule has 0 aliphatic carbocycles. The van der Waals surface area contributed by atoms with E-state index in [9.17, 15) is 26.3 Å². The summed E-state index contributed by atoms with van der Waals surface area (Å²) in [5, 5.41) is 2.69. The third kappa shape index (κ3) is 5.02. The molecule has 0 spiro atoms. The van der Waals surface area contributed by atoms with Crippen LogP contribution in [0.25, 0.3) is 11.1 Å². The van der Waals surface area contributed by atoms with Crippen molar-refractivity contribution < 1.29 is 26.3 Å². The van der Waals surface area contributed by atoms with Gasteiger partial charge in [-0.3, -0.25) is 0 Å². The number of hydrogen-bond acceptors (Lipinski definition) is 4. The fraction of sp³-hybridized carbons (Fsp3) is 0.158. The number of aromatic nitrogens is 2. The molecule has 0 aliphatic heterocycles. The van der Waals surface area contributed by atoms with Crippen LogP contribution in [0.3, 0.4) is 0 Å². The Hall–Kier alpha value is -3.14. The Morgan fingerprint density at radius 3 is 2.17 bits per heavy atom. The van der Waals surface area contributed by atoms with Gasteiger partial charge in [0.1, 0.15) is 11.7 Å². The lowest BCUT2D eigenvalue weighted by molar-refractivity contribution is -0.149. The second-order valence-electron chi connectivity index (χ2n) is 6.11. The molecule has 1 aromatic heterocycles. The summed E-state index contributed by atoms with van der Waals surface area (Å²) >= 11 is 0. The van der Waals surface area contributed by atoms with Gasteiger partial charge < -0.3 is 11.1 Å². The van der Waals surface area contributed by atoms with E-state index >= 15 is 0 Å². The van der Waals surface area contributed by atoms with Crippen molar-refractivity contribution in [2.75, 3.05) is 5.32 Å². The van der Waals surface area contributed by atoms with Gasteiger partial charge in [-0.05, 0) is 34.9 Å². The van der Waals surface area contributed by atoms with Crippen LogP contribution in [0.1, 0.15) is 17.3 Å². The predicted octanol–water partition coefficient (Wildman–Crippen LogP) is 5.47. The van der Waals surface area contributed by atoms with E-state index in [0.29, 0.717) is 16.8 Å². The molecule has 10 heteroatoms. The Kier molecular flexibility index (Phi) is 5.47. The second-order valence-corrected chi connectivity index (χ2v) is 6.11. The smallest absolute Gasteiger partial charge is 0.324 e. The maximum atomic E-state index is 12.8. The van der Waals surface area contributed by atoms with Crippen molar-refractivity contribution in [2.45, 2.75) is 18.4 Å². The number of nitrogens with two attached hydrogens (primary N) is 1. The summed E-state index contributed by atoms with van der Waals surface area (Å²) < 4.78 is 76.4. The van der Waals surface area contributed by atoms with Crippen molar-refractivity contribution in [1.82, 2.24) is 9.97 Å². The first-order valence-electron chi connectivity index (χ1n) is 8.24. The number of halogens is 6. The van der Waals surface area contributed by atoms with Crippen molar-refractivity contribution in [1.29, 1.82) is 0 Å². The average molecular weight is 412 g/mol. The Labute approximate surface area is 161 Å². The third-order valence-electron chi connectivity index (χ3n) is 4.02. The van der Waals surface area contributed by atoms with Crippen molar-refractivity contribution >= 4 is 11.6 Å². The normalized spacial score (nSPS) is 13.2. The minimum atomic E-state index is -4.60. The average Bonchev–Trinajstić information content (AvgIpc) is 2.67. The number of alkyl halides is 6. The van der Waals surface area contributed by atoms with E-state index in [1.807, 2.05) is 0 Å². The molecule has 0 amide bonds. The molecule has 3 rings (SSSR count). The molecule has 1 atom stereocenters. The number of anilines is 2. The van der Waals surface area contributed by atoms with Gasteiger partial charge in [0.15, 0.2) is 0 Å². The van der Waals surface area contributed by atoms with Crippen LogP contribution in [-0.2, 0) is 6.18 Å². The molecule has 0 fully saturated rings. The minimum absolute atomic E-state index is 0.0760. The Bertz CT molecular complexity index is 983. The highest BCUT2D eigenvalue weighted by molar-refractivity contribution is 5.69. The predicted molar refractivity (Wildman–Crippen MR) is 95.2 cm³/mol. The second kappa shape index (κ2) is 7.70. The Balaban J connectivity index is 1.82. The van der Waals surface area contributed by atoms with Gasteiger partial charge in [0.05, 0.1) is 0 Å². The number of hydrogen-bond donors (Lipinski definition) is 2. The van der Waals surface area contributed by atoms with Crippen LogP contribution in [0.5, 0.6) is 0 Å². The fourth-order valence-corrected chi connectivity index (χ4v) is 2.55. The molecule has 1 unspecified atom stereocenters. The third-order valence-corrected chi connectivity index (χ3v) is 4.02. The maximum absolute atomic E-state index is 12.8. The van der Waals surface area contributed by atoms with E-state index in [-0.39, 0.29) is 11.5 Å². The number of nitrogens with one attached hydrogen (secondary N) is 1. The first kappa shape index (κ1) is 20.6. The van der Waals surface area contributed by atoms with Crippen molar-refractivity contribution in [2.24, 2.45) is 5.73 Å². The highest BCUT2D eigenvalue weighted by atomic mass is 19.4. The standard InChI is InChI=1S/C19H14F6N4/c20-18(21,22)15-8-9-27-17(29-15)28-14-3-1-2-13(10-14)11-4-6-12(7-5-11)16(26)19(23,24)25/h1-10,16H,26H2,(H,27,28,29). The lowest BCUT2D eigenvalue weighted by Crippen LogP contribution is -2.28. The van der Waals surface area contributed by atoms with E-state index < -0.39 is 24.1 Å². The summed E-state index contributed by atoms with van der Waals surface area (Å²) in [4.78, 5) is 7.19. The molecular weight excluding hydrogens is 398 g/mol. The van der Waals surface area contributed by atoms with Gasteiger partial charge >= 0.3 is 12.4 Å². The molecule has 152 valence electrons. The molecule has 29 heavy (non-hydrogen) atoms. The molecule has 0 radical (unpaired) electrons. The monoisotopic (exact) mass is 412 g/mol. The lowest BCUT2D eigenvalue weighted by Gasteiger charge is -2.16. The first-order chi connectivity index (χ1) is 13.5. The maximum Gasteiger partial charge on any atom is 0.433 e. The van der Waals surface area contributed by atoms with E-state index in [1.54, 1.807) is 24.3 Å². The number of benzene rings is 2. The van der Waals surface area contributed by atoms with Crippen LogP contribution in [0.2, 0.25) is 0 Å². The van der Waals surface area contributed by atoms with Gasteiger partial charge in [-0.1, -0.05) is 36.4 Å². The fourth-order valence-electron chi connectivity index (χ4n) is 2.55. The summed E-state index contributed by atoms with van der Waals surface area (Å²) in [5.41, 5.74) is 5.68. The molecular formula is C19H14F6N4. The van der Waals surface area contributed by atoms with Crippen LogP contribution in [0.15, 0.2) is 60.8 Å². The van der Waals surface area contributed by atoms with Gasteiger partial charge in [-0.2, -0.15) is 26.3 Å². The molecule has 0 saturated carbocycles. The van der Waals surface area contributed by atoms with Crippen molar-refractivity contribution in [3.63, 3.8) is 0 Å². The lowest BCUT2D eigenvalue weighted by atomic mass is 10.0. The molecule has 2 aromatic carbocycles. The Morgan fingerprint density at radius 1 is 0.862 bits per heavy atom. The molecule has 1 heterocycles. The van der Waals surface area contributed by atoms with Crippen LogP contribution < -0.4 is 11.1 Å². The van der Waals surface area contributed by atoms with E-state index in [2.05, 4.69) is 15.3 Å². The van der Waals surface area contributed by atoms with Gasteiger partial charge in [0.2, 0.25) is 5.95 Å². The zero-order valence-corrected chi connectivity index (χ0v) is 14.6. The zero-order chi connectivity index (χ0) is 21.2. The topological polar surface area (TPSA) is 63.8 Å². The first-order valence-corrected chi connectivity index (χ1v) is 8.24. The zero-order valence-electron chi connectivity index (χ0n) is 14.6. The number of nitrogens with zero attached hydrogens (tertiary/aromatic N) is 2. The van der Waals surface area contributed by atoms with E-state index in [0.717, 1.165) is 12.3 Å². The van der Waals surface area contributed by atoms with E-state index in [1.165, 1.54) is 24.3 Å². The summed E-state index contributed by atoms with van der Waals surface area (Å²) in [7, 11) is 0. The summed E-state index contributed by atoms with van der Waals surface area (Å²) in [6.45, 7) is 0. The van der Waals surface area contributed by atoms with Gasteiger partial charge in [-0.15, -0.1) is 0 Å². The summed E-state index contributed by atoms with van der Waals surface area (Å²) in [6.07, 6.45) is -8.15. The largest absolute Gasteiger partial charge is 0.433 e.